The number of carbonyl (C=O) groups is 1. The number of nitrogens with one attached hydrogen (secondary N) is 2. The zero-order chi connectivity index (χ0) is 17.1. The molecular formula is C13H19N3O5S2. The summed E-state index contributed by atoms with van der Waals surface area (Å²) < 4.78 is 51.1. The molecule has 0 bridgehead atoms. The Hall–Kier alpha value is -1.49. The fourth-order valence-corrected chi connectivity index (χ4v) is 3.96. The van der Waals surface area contributed by atoms with Crippen LogP contribution < -0.4 is 14.3 Å². The average Bonchev–Trinajstić information content (AvgIpc) is 2.93. The van der Waals surface area contributed by atoms with Crippen LogP contribution in [0.25, 0.3) is 0 Å². The van der Waals surface area contributed by atoms with Crippen molar-refractivity contribution in [1.29, 1.82) is 0 Å². The van der Waals surface area contributed by atoms with Crippen molar-refractivity contribution in [2.24, 2.45) is 0 Å². The second-order valence-electron chi connectivity index (χ2n) is 5.06. The lowest BCUT2D eigenvalue weighted by atomic mass is 10.3. The van der Waals surface area contributed by atoms with Crippen LogP contribution in [0, 0.1) is 0 Å². The minimum atomic E-state index is -3.79. The molecule has 0 atom stereocenters. The quantitative estimate of drug-likeness (QED) is 0.689. The van der Waals surface area contributed by atoms with Crippen molar-refractivity contribution in [1.82, 2.24) is 9.44 Å². The number of hydrogen-bond donors (Lipinski definition) is 2. The molecule has 1 aromatic rings. The first-order valence-corrected chi connectivity index (χ1v) is 10.2. The lowest BCUT2D eigenvalue weighted by Crippen LogP contribution is -2.33. The Kier molecular flexibility index (Phi) is 5.40. The molecule has 8 nitrogen and oxygen atoms in total. The third kappa shape index (κ3) is 4.50. The molecule has 0 radical (unpaired) electrons. The molecule has 0 spiro atoms. The topological polar surface area (TPSA) is 113 Å². The van der Waals surface area contributed by atoms with Crippen molar-refractivity contribution in [3.05, 3.63) is 24.3 Å². The molecule has 2 rings (SSSR count). The number of anilines is 1. The minimum absolute atomic E-state index is 0.0229. The van der Waals surface area contributed by atoms with Crippen LogP contribution >= 0.6 is 0 Å². The minimum Gasteiger partial charge on any atom is -0.312 e. The maximum Gasteiger partial charge on any atom is 0.240 e. The molecule has 0 saturated carbocycles. The van der Waals surface area contributed by atoms with Gasteiger partial charge >= 0.3 is 0 Å². The molecule has 1 heterocycles. The molecule has 0 aromatic heterocycles. The van der Waals surface area contributed by atoms with Gasteiger partial charge in [0.1, 0.15) is 0 Å². The van der Waals surface area contributed by atoms with Crippen LogP contribution in [-0.2, 0) is 24.8 Å². The zero-order valence-corrected chi connectivity index (χ0v) is 14.3. The van der Waals surface area contributed by atoms with E-state index in [9.17, 15) is 21.6 Å². The lowest BCUT2D eigenvalue weighted by Gasteiger charge is -2.16. The molecule has 0 aliphatic carbocycles. The van der Waals surface area contributed by atoms with Gasteiger partial charge in [-0.2, -0.15) is 0 Å². The Balaban J connectivity index is 2.04. The molecule has 1 fully saturated rings. The Labute approximate surface area is 136 Å². The van der Waals surface area contributed by atoms with Crippen LogP contribution in [0.5, 0.6) is 0 Å². The number of sulfonamides is 2. The van der Waals surface area contributed by atoms with E-state index < -0.39 is 20.0 Å². The highest BCUT2D eigenvalue weighted by Crippen LogP contribution is 2.22. The van der Waals surface area contributed by atoms with Crippen molar-refractivity contribution >= 4 is 31.6 Å². The highest BCUT2D eigenvalue weighted by molar-refractivity contribution is 7.90. The van der Waals surface area contributed by atoms with Gasteiger partial charge in [-0.1, -0.05) is 0 Å². The van der Waals surface area contributed by atoms with Crippen LogP contribution in [-0.4, -0.2) is 48.6 Å². The number of hydrogen-bond acceptors (Lipinski definition) is 5. The summed E-state index contributed by atoms with van der Waals surface area (Å²) in [6.07, 6.45) is 1.29. The maximum absolute atomic E-state index is 12.1. The van der Waals surface area contributed by atoms with Gasteiger partial charge in [-0.25, -0.2) is 26.3 Å². The predicted octanol–water partition coefficient (Wildman–Crippen LogP) is -0.359. The monoisotopic (exact) mass is 361 g/mol. The Morgan fingerprint density at radius 1 is 1.13 bits per heavy atom. The van der Waals surface area contributed by atoms with E-state index in [1.807, 2.05) is 0 Å². The van der Waals surface area contributed by atoms with E-state index in [2.05, 4.69) is 9.44 Å². The fraction of sp³-hybridized carbons (Fsp3) is 0.462. The first-order valence-electron chi connectivity index (χ1n) is 7.06. The molecular weight excluding hydrogens is 342 g/mol. The van der Waals surface area contributed by atoms with Gasteiger partial charge < -0.3 is 4.90 Å². The van der Waals surface area contributed by atoms with E-state index in [0.29, 0.717) is 18.7 Å². The van der Waals surface area contributed by atoms with Gasteiger partial charge in [0, 0.05) is 25.2 Å². The van der Waals surface area contributed by atoms with E-state index in [-0.39, 0.29) is 23.1 Å². The van der Waals surface area contributed by atoms with Crippen molar-refractivity contribution in [3.63, 3.8) is 0 Å². The Morgan fingerprint density at radius 3 is 2.30 bits per heavy atom. The van der Waals surface area contributed by atoms with Gasteiger partial charge in [0.05, 0.1) is 10.6 Å². The first kappa shape index (κ1) is 17.9. The van der Waals surface area contributed by atoms with Gasteiger partial charge in [0.15, 0.2) is 0 Å². The van der Waals surface area contributed by atoms with Crippen molar-refractivity contribution in [3.8, 4) is 0 Å². The predicted molar refractivity (Wildman–Crippen MR) is 86.1 cm³/mol. The third-order valence-electron chi connectivity index (χ3n) is 3.51. The number of rotatable bonds is 7. The summed E-state index contributed by atoms with van der Waals surface area (Å²) in [5.74, 6) is -0.320. The van der Waals surface area contributed by atoms with E-state index in [1.165, 1.54) is 19.2 Å². The molecule has 1 aromatic carbocycles. The Morgan fingerprint density at radius 2 is 1.78 bits per heavy atom. The summed E-state index contributed by atoms with van der Waals surface area (Å²) in [4.78, 5) is 13.3. The second-order valence-corrected chi connectivity index (χ2v) is 8.88. The molecule has 1 amide bonds. The smallest absolute Gasteiger partial charge is 0.240 e. The fourth-order valence-electron chi connectivity index (χ4n) is 2.22. The summed E-state index contributed by atoms with van der Waals surface area (Å²) in [5.41, 5.74) is 0.657. The highest BCUT2D eigenvalue weighted by atomic mass is 32.2. The SMILES string of the molecule is CNS(=O)(=O)CCNS(=O)(=O)c1ccc(N2CCCC2=O)cc1. The molecule has 128 valence electrons. The highest BCUT2D eigenvalue weighted by Gasteiger charge is 2.22. The van der Waals surface area contributed by atoms with E-state index >= 15 is 0 Å². The molecule has 10 heteroatoms. The largest absolute Gasteiger partial charge is 0.312 e. The van der Waals surface area contributed by atoms with Gasteiger partial charge in [-0.05, 0) is 37.7 Å². The Bertz CT molecular complexity index is 772. The maximum atomic E-state index is 12.1. The summed E-state index contributed by atoms with van der Waals surface area (Å²) in [6.45, 7) is 0.406. The van der Waals surface area contributed by atoms with Crippen LogP contribution in [0.1, 0.15) is 12.8 Å². The number of nitrogens with zero attached hydrogens (tertiary/aromatic N) is 1. The molecule has 1 aliphatic rings. The van der Waals surface area contributed by atoms with Crippen LogP contribution in [0.4, 0.5) is 5.69 Å². The number of amides is 1. The summed E-state index contributed by atoms with van der Waals surface area (Å²) in [5, 5.41) is 0. The lowest BCUT2D eigenvalue weighted by molar-refractivity contribution is -0.117. The van der Waals surface area contributed by atoms with Gasteiger partial charge in [0.25, 0.3) is 0 Å². The van der Waals surface area contributed by atoms with Gasteiger partial charge in [0.2, 0.25) is 26.0 Å². The van der Waals surface area contributed by atoms with E-state index in [0.717, 1.165) is 6.42 Å². The molecule has 1 saturated heterocycles. The second kappa shape index (κ2) is 6.95. The first-order chi connectivity index (χ1) is 10.7. The van der Waals surface area contributed by atoms with Crippen molar-refractivity contribution < 1.29 is 21.6 Å². The van der Waals surface area contributed by atoms with Crippen molar-refractivity contribution in [2.75, 3.05) is 30.8 Å². The normalized spacial score (nSPS) is 16.0. The van der Waals surface area contributed by atoms with Crippen LogP contribution in [0.2, 0.25) is 0 Å². The van der Waals surface area contributed by atoms with E-state index in [4.69, 9.17) is 0 Å². The van der Waals surface area contributed by atoms with Crippen LogP contribution in [0.15, 0.2) is 29.2 Å². The standard InChI is InChI=1S/C13H19N3O5S2/c1-14-22(18,19)10-8-15-23(20,21)12-6-4-11(5-7-12)16-9-2-3-13(16)17/h4-7,14-15H,2-3,8-10H2,1H3. The zero-order valence-electron chi connectivity index (χ0n) is 12.6. The van der Waals surface area contributed by atoms with E-state index in [1.54, 1.807) is 17.0 Å². The third-order valence-corrected chi connectivity index (χ3v) is 6.35. The van der Waals surface area contributed by atoms with Crippen LogP contribution in [0.3, 0.4) is 0 Å². The average molecular weight is 361 g/mol. The van der Waals surface area contributed by atoms with Gasteiger partial charge in [-0.3, -0.25) is 4.79 Å². The molecule has 1 aliphatic heterocycles. The molecule has 2 N–H and O–H groups in total. The molecule has 0 unspecified atom stereocenters. The number of benzene rings is 1. The molecule has 23 heavy (non-hydrogen) atoms. The summed E-state index contributed by atoms with van der Waals surface area (Å²) in [7, 11) is -5.99. The van der Waals surface area contributed by atoms with Crippen molar-refractivity contribution in [2.45, 2.75) is 17.7 Å². The number of carbonyl (C=O) groups excluding carboxylic acids is 1. The summed E-state index contributed by atoms with van der Waals surface area (Å²) in [6, 6.07) is 5.94. The summed E-state index contributed by atoms with van der Waals surface area (Å²) >= 11 is 0. The van der Waals surface area contributed by atoms with Gasteiger partial charge in [-0.15, -0.1) is 0 Å².